The third-order valence-electron chi connectivity index (χ3n) is 3.51. The van der Waals surface area contributed by atoms with E-state index in [9.17, 15) is 9.59 Å². The first-order valence-electron chi connectivity index (χ1n) is 7.60. The summed E-state index contributed by atoms with van der Waals surface area (Å²) in [4.78, 5) is 27.4. The van der Waals surface area contributed by atoms with E-state index in [0.717, 1.165) is 17.1 Å². The molecule has 3 aromatic rings. The first-order valence-corrected chi connectivity index (χ1v) is 8.48. The second-order valence-corrected chi connectivity index (χ2v) is 6.49. The summed E-state index contributed by atoms with van der Waals surface area (Å²) in [5, 5.41) is 9.27. The Hall–Kier alpha value is -3.00. The SMILES string of the molecule is Cc1cc(C)n(-c2ccc(C(=O)Nc3nc(CC(N)=O)cs3)cc2)n1. The van der Waals surface area contributed by atoms with Crippen LogP contribution in [0.3, 0.4) is 0 Å². The Morgan fingerprint density at radius 3 is 2.56 bits per heavy atom. The topological polar surface area (TPSA) is 103 Å². The van der Waals surface area contributed by atoms with Crippen molar-refractivity contribution in [1.82, 2.24) is 14.8 Å². The Bertz CT molecular complexity index is 927. The van der Waals surface area contributed by atoms with Crippen LogP contribution in [0, 0.1) is 13.8 Å². The monoisotopic (exact) mass is 355 g/mol. The molecule has 0 saturated heterocycles. The molecule has 2 aromatic heterocycles. The molecule has 0 spiro atoms. The molecule has 0 aliphatic carbocycles. The van der Waals surface area contributed by atoms with Crippen molar-refractivity contribution in [3.63, 3.8) is 0 Å². The Morgan fingerprint density at radius 2 is 1.96 bits per heavy atom. The Labute approximate surface area is 148 Å². The molecule has 0 bridgehead atoms. The van der Waals surface area contributed by atoms with Gasteiger partial charge in [-0.1, -0.05) is 0 Å². The number of nitrogens with zero attached hydrogens (tertiary/aromatic N) is 3. The molecular formula is C17H17N5O2S. The van der Waals surface area contributed by atoms with Gasteiger partial charge in [0.1, 0.15) is 0 Å². The normalized spacial score (nSPS) is 10.6. The number of amides is 2. The summed E-state index contributed by atoms with van der Waals surface area (Å²) in [5.41, 5.74) is 9.05. The predicted octanol–water partition coefficient (Wildman–Crippen LogP) is 2.23. The molecule has 7 nitrogen and oxygen atoms in total. The second-order valence-electron chi connectivity index (χ2n) is 5.63. The van der Waals surface area contributed by atoms with E-state index in [1.807, 2.05) is 36.7 Å². The number of hydrogen-bond donors (Lipinski definition) is 2. The van der Waals surface area contributed by atoms with Gasteiger partial charge in [0.2, 0.25) is 5.91 Å². The van der Waals surface area contributed by atoms with Gasteiger partial charge in [0.15, 0.2) is 5.13 Å². The first-order chi connectivity index (χ1) is 11.9. The van der Waals surface area contributed by atoms with E-state index in [-0.39, 0.29) is 12.3 Å². The van der Waals surface area contributed by atoms with Crippen LogP contribution in [0.5, 0.6) is 0 Å². The van der Waals surface area contributed by atoms with Gasteiger partial charge in [-0.05, 0) is 44.2 Å². The molecule has 128 valence electrons. The maximum Gasteiger partial charge on any atom is 0.257 e. The second kappa shape index (κ2) is 6.86. The lowest BCUT2D eigenvalue weighted by atomic mass is 10.2. The molecule has 2 heterocycles. The number of primary amides is 1. The maximum atomic E-state index is 12.3. The number of anilines is 1. The van der Waals surface area contributed by atoms with Crippen LogP contribution in [0.4, 0.5) is 5.13 Å². The average Bonchev–Trinajstić information content (AvgIpc) is 3.12. The fourth-order valence-corrected chi connectivity index (χ4v) is 3.14. The average molecular weight is 355 g/mol. The van der Waals surface area contributed by atoms with Crippen LogP contribution in [-0.2, 0) is 11.2 Å². The van der Waals surface area contributed by atoms with Crippen molar-refractivity contribution < 1.29 is 9.59 Å². The number of nitrogens with two attached hydrogens (primary N) is 1. The van der Waals surface area contributed by atoms with E-state index in [2.05, 4.69) is 15.4 Å². The Morgan fingerprint density at radius 1 is 1.24 bits per heavy atom. The van der Waals surface area contributed by atoms with Crippen LogP contribution in [0.15, 0.2) is 35.7 Å². The third kappa shape index (κ3) is 3.92. The molecule has 3 rings (SSSR count). The molecule has 1 aromatic carbocycles. The molecule has 2 amide bonds. The van der Waals surface area contributed by atoms with Crippen molar-refractivity contribution in [3.8, 4) is 5.69 Å². The molecule has 0 aliphatic rings. The molecule has 25 heavy (non-hydrogen) atoms. The Balaban J connectivity index is 1.71. The van der Waals surface area contributed by atoms with Gasteiger partial charge >= 0.3 is 0 Å². The Kier molecular flexibility index (Phi) is 4.62. The van der Waals surface area contributed by atoms with Crippen LogP contribution >= 0.6 is 11.3 Å². The van der Waals surface area contributed by atoms with Crippen LogP contribution in [-0.4, -0.2) is 26.6 Å². The molecule has 0 fully saturated rings. The largest absolute Gasteiger partial charge is 0.369 e. The van der Waals surface area contributed by atoms with Crippen LogP contribution in [0.1, 0.15) is 27.4 Å². The molecular weight excluding hydrogens is 338 g/mol. The summed E-state index contributed by atoms with van der Waals surface area (Å²) >= 11 is 1.25. The minimum atomic E-state index is -0.456. The lowest BCUT2D eigenvalue weighted by Crippen LogP contribution is -2.14. The number of carbonyl (C=O) groups excluding carboxylic acids is 2. The van der Waals surface area contributed by atoms with Crippen LogP contribution in [0.2, 0.25) is 0 Å². The van der Waals surface area contributed by atoms with E-state index in [4.69, 9.17) is 5.73 Å². The summed E-state index contributed by atoms with van der Waals surface area (Å²) in [5.74, 6) is -0.720. The highest BCUT2D eigenvalue weighted by Gasteiger charge is 2.11. The standard InChI is InChI=1S/C17H17N5O2S/c1-10-7-11(2)22(21-10)14-5-3-12(4-6-14)16(24)20-17-19-13(9-25-17)8-15(18)23/h3-7,9H,8H2,1-2H3,(H2,18,23)(H,19,20,24). The van der Waals surface area contributed by atoms with E-state index in [0.29, 0.717) is 16.4 Å². The molecule has 0 saturated carbocycles. The molecule has 0 atom stereocenters. The van der Waals surface area contributed by atoms with Gasteiger partial charge in [-0.2, -0.15) is 5.10 Å². The predicted molar refractivity (Wildman–Crippen MR) is 96.0 cm³/mol. The van der Waals surface area contributed by atoms with Crippen molar-refractivity contribution >= 4 is 28.3 Å². The zero-order valence-corrected chi connectivity index (χ0v) is 14.6. The van der Waals surface area contributed by atoms with Crippen molar-refractivity contribution in [2.24, 2.45) is 5.73 Å². The quantitative estimate of drug-likeness (QED) is 0.732. The number of hydrogen-bond acceptors (Lipinski definition) is 5. The molecule has 0 unspecified atom stereocenters. The molecule has 8 heteroatoms. The summed E-state index contributed by atoms with van der Waals surface area (Å²) < 4.78 is 1.83. The number of carbonyl (C=O) groups is 2. The number of aromatic nitrogens is 3. The summed E-state index contributed by atoms with van der Waals surface area (Å²) in [6.07, 6.45) is 0.0592. The number of aryl methyl sites for hydroxylation is 2. The zero-order chi connectivity index (χ0) is 18.0. The molecule has 3 N–H and O–H groups in total. The lowest BCUT2D eigenvalue weighted by Gasteiger charge is -2.06. The van der Waals surface area contributed by atoms with Crippen molar-refractivity contribution in [1.29, 1.82) is 0 Å². The first kappa shape index (κ1) is 16.8. The summed E-state index contributed by atoms with van der Waals surface area (Å²) in [6, 6.07) is 9.15. The highest BCUT2D eigenvalue weighted by molar-refractivity contribution is 7.14. The van der Waals surface area contributed by atoms with Gasteiger partial charge in [-0.25, -0.2) is 9.67 Å². The van der Waals surface area contributed by atoms with E-state index in [1.54, 1.807) is 17.5 Å². The van der Waals surface area contributed by atoms with Gasteiger partial charge in [0, 0.05) is 16.6 Å². The molecule has 0 aliphatic heterocycles. The number of thiazole rings is 1. The fraction of sp³-hybridized carbons (Fsp3) is 0.176. The van der Waals surface area contributed by atoms with Crippen molar-refractivity contribution in [2.45, 2.75) is 20.3 Å². The highest BCUT2D eigenvalue weighted by atomic mass is 32.1. The minimum absolute atomic E-state index is 0.0592. The molecule has 0 radical (unpaired) electrons. The highest BCUT2D eigenvalue weighted by Crippen LogP contribution is 2.18. The number of nitrogens with one attached hydrogen (secondary N) is 1. The van der Waals surface area contributed by atoms with Crippen LogP contribution in [0.25, 0.3) is 5.69 Å². The zero-order valence-electron chi connectivity index (χ0n) is 13.8. The van der Waals surface area contributed by atoms with Gasteiger partial charge in [-0.15, -0.1) is 11.3 Å². The number of benzene rings is 1. The van der Waals surface area contributed by atoms with Gasteiger partial charge in [-0.3, -0.25) is 14.9 Å². The summed E-state index contributed by atoms with van der Waals surface area (Å²) in [6.45, 7) is 3.92. The maximum absolute atomic E-state index is 12.3. The fourth-order valence-electron chi connectivity index (χ4n) is 2.44. The van der Waals surface area contributed by atoms with E-state index < -0.39 is 5.91 Å². The van der Waals surface area contributed by atoms with Gasteiger partial charge in [0.25, 0.3) is 5.91 Å². The van der Waals surface area contributed by atoms with E-state index in [1.165, 1.54) is 11.3 Å². The smallest absolute Gasteiger partial charge is 0.257 e. The summed E-state index contributed by atoms with van der Waals surface area (Å²) in [7, 11) is 0. The van der Waals surface area contributed by atoms with Crippen molar-refractivity contribution in [3.05, 3.63) is 58.4 Å². The third-order valence-corrected chi connectivity index (χ3v) is 4.32. The van der Waals surface area contributed by atoms with Crippen molar-refractivity contribution in [2.75, 3.05) is 5.32 Å². The van der Waals surface area contributed by atoms with Crippen LogP contribution < -0.4 is 11.1 Å². The van der Waals surface area contributed by atoms with Gasteiger partial charge in [0.05, 0.1) is 23.5 Å². The lowest BCUT2D eigenvalue weighted by molar-refractivity contribution is -0.117. The number of rotatable bonds is 5. The minimum Gasteiger partial charge on any atom is -0.369 e. The van der Waals surface area contributed by atoms with Gasteiger partial charge < -0.3 is 5.73 Å². The van der Waals surface area contributed by atoms with E-state index >= 15 is 0 Å².